The molecule has 0 aromatic heterocycles. The summed E-state index contributed by atoms with van der Waals surface area (Å²) in [5.74, 6) is -0.393. The van der Waals surface area contributed by atoms with Crippen LogP contribution in [0.5, 0.6) is 0 Å². The first kappa shape index (κ1) is 28.4. The van der Waals surface area contributed by atoms with Gasteiger partial charge in [0, 0.05) is 34.9 Å². The number of anilines is 2. The van der Waals surface area contributed by atoms with Crippen LogP contribution >= 0.6 is 11.6 Å². The van der Waals surface area contributed by atoms with Crippen molar-refractivity contribution >= 4 is 40.8 Å². The Morgan fingerprint density at radius 2 is 1.64 bits per heavy atom. The van der Waals surface area contributed by atoms with Gasteiger partial charge in [-0.1, -0.05) is 41.9 Å². The van der Waals surface area contributed by atoms with Gasteiger partial charge >= 0.3 is 5.97 Å². The quantitative estimate of drug-likeness (QED) is 0.299. The molecule has 1 aliphatic rings. The van der Waals surface area contributed by atoms with E-state index in [1.165, 1.54) is 7.11 Å². The van der Waals surface area contributed by atoms with Gasteiger partial charge in [-0.05, 0) is 93.6 Å². The number of halogens is 1. The molecule has 39 heavy (non-hydrogen) atoms. The maximum absolute atomic E-state index is 13.8. The Kier molecular flexibility index (Phi) is 8.45. The third-order valence-corrected chi connectivity index (χ3v) is 7.76. The molecule has 3 aromatic carbocycles. The largest absolute Gasteiger partial charge is 0.469 e. The number of fused-ring (bicyclic) bond motifs is 1. The third-order valence-electron chi connectivity index (χ3n) is 7.51. The number of rotatable bonds is 7. The van der Waals surface area contributed by atoms with Gasteiger partial charge in [-0.3, -0.25) is 14.4 Å². The van der Waals surface area contributed by atoms with E-state index < -0.39 is 5.41 Å². The molecule has 7 heteroatoms. The molecule has 0 saturated heterocycles. The Hall–Kier alpha value is -3.64. The smallest absolute Gasteiger partial charge is 0.311 e. The van der Waals surface area contributed by atoms with Crippen LogP contribution < -0.4 is 9.80 Å². The number of carbonyl (C=O) groups is 3. The van der Waals surface area contributed by atoms with Crippen LogP contribution in [0.2, 0.25) is 5.02 Å². The molecule has 0 radical (unpaired) electrons. The van der Waals surface area contributed by atoms with E-state index in [1.807, 2.05) is 86.3 Å². The average molecular weight is 547 g/mol. The van der Waals surface area contributed by atoms with Gasteiger partial charge in [0.05, 0.1) is 18.6 Å². The Balaban J connectivity index is 1.59. The highest BCUT2D eigenvalue weighted by Gasteiger charge is 2.38. The monoisotopic (exact) mass is 546 g/mol. The van der Waals surface area contributed by atoms with Gasteiger partial charge in [0.15, 0.2) is 0 Å². The Bertz CT molecular complexity index is 1350. The van der Waals surface area contributed by atoms with Gasteiger partial charge in [0.1, 0.15) is 0 Å². The molecule has 0 bridgehead atoms. The molecule has 204 valence electrons. The molecule has 0 spiro atoms. The number of hydrogen-bond donors (Lipinski definition) is 0. The number of carbonyl (C=O) groups excluding carboxylic acids is 3. The second-order valence-electron chi connectivity index (χ2n) is 10.8. The molecule has 6 nitrogen and oxygen atoms in total. The zero-order chi connectivity index (χ0) is 28.3. The number of para-hydroxylation sites is 1. The molecular weight excluding hydrogens is 512 g/mol. The van der Waals surface area contributed by atoms with E-state index in [0.29, 0.717) is 29.8 Å². The molecule has 0 unspecified atom stereocenters. The lowest BCUT2D eigenvalue weighted by atomic mass is 9.86. The van der Waals surface area contributed by atoms with E-state index in [0.717, 1.165) is 22.5 Å². The summed E-state index contributed by atoms with van der Waals surface area (Å²) < 4.78 is 4.91. The van der Waals surface area contributed by atoms with Crippen LogP contribution in [0.15, 0.2) is 72.8 Å². The third kappa shape index (κ3) is 6.01. The van der Waals surface area contributed by atoms with E-state index in [2.05, 4.69) is 0 Å². The maximum Gasteiger partial charge on any atom is 0.311 e. The second kappa shape index (κ2) is 11.6. The van der Waals surface area contributed by atoms with Gasteiger partial charge in [0.2, 0.25) is 5.91 Å². The SMILES string of the molecule is COC(=O)C(C)(C)CCc1ccc(C(=O)N2c3ccccc3[C@H](N(C(C)=O)c3ccc(Cl)cc3)C[C@@H]2C)cc1. The van der Waals surface area contributed by atoms with E-state index in [4.69, 9.17) is 16.3 Å². The summed E-state index contributed by atoms with van der Waals surface area (Å²) in [5, 5.41) is 0.606. The highest BCUT2D eigenvalue weighted by Crippen LogP contribution is 2.43. The fourth-order valence-corrected chi connectivity index (χ4v) is 5.43. The minimum absolute atomic E-state index is 0.0740. The van der Waals surface area contributed by atoms with Crippen molar-refractivity contribution in [3.8, 4) is 0 Å². The number of nitrogens with zero attached hydrogens (tertiary/aromatic N) is 2. The first-order valence-electron chi connectivity index (χ1n) is 13.2. The van der Waals surface area contributed by atoms with E-state index in [1.54, 1.807) is 24.0 Å². The van der Waals surface area contributed by atoms with Crippen LogP contribution in [-0.4, -0.2) is 30.9 Å². The average Bonchev–Trinajstić information content (AvgIpc) is 2.92. The van der Waals surface area contributed by atoms with Crippen LogP contribution in [-0.2, 0) is 20.7 Å². The summed E-state index contributed by atoms with van der Waals surface area (Å²) in [4.78, 5) is 42.3. The summed E-state index contributed by atoms with van der Waals surface area (Å²) in [7, 11) is 1.40. The zero-order valence-corrected chi connectivity index (χ0v) is 23.9. The molecule has 0 saturated carbocycles. The lowest BCUT2D eigenvalue weighted by Gasteiger charge is -2.43. The van der Waals surface area contributed by atoms with Gasteiger partial charge < -0.3 is 14.5 Å². The molecule has 0 fully saturated rings. The lowest BCUT2D eigenvalue weighted by molar-refractivity contribution is -0.151. The van der Waals surface area contributed by atoms with Gasteiger partial charge in [-0.2, -0.15) is 0 Å². The highest BCUT2D eigenvalue weighted by atomic mass is 35.5. The number of esters is 1. The molecule has 3 aromatic rings. The highest BCUT2D eigenvalue weighted by molar-refractivity contribution is 6.30. The molecule has 2 atom stereocenters. The Morgan fingerprint density at radius 3 is 2.26 bits per heavy atom. The van der Waals surface area contributed by atoms with Crippen LogP contribution in [0.1, 0.15) is 68.1 Å². The number of methoxy groups -OCH3 is 1. The lowest BCUT2D eigenvalue weighted by Crippen LogP contribution is -2.47. The predicted molar refractivity (Wildman–Crippen MR) is 155 cm³/mol. The van der Waals surface area contributed by atoms with Crippen molar-refractivity contribution in [2.45, 2.75) is 59.0 Å². The summed E-state index contributed by atoms with van der Waals surface area (Å²) in [5.41, 5.74) is 3.56. The molecule has 0 aliphatic carbocycles. The van der Waals surface area contributed by atoms with Crippen LogP contribution in [0.3, 0.4) is 0 Å². The van der Waals surface area contributed by atoms with E-state index in [-0.39, 0.29) is 29.9 Å². The van der Waals surface area contributed by atoms with Crippen molar-refractivity contribution in [1.29, 1.82) is 0 Å². The molecule has 2 amide bonds. The topological polar surface area (TPSA) is 66.9 Å². The zero-order valence-electron chi connectivity index (χ0n) is 23.1. The van der Waals surface area contributed by atoms with Gasteiger partial charge in [0.25, 0.3) is 5.91 Å². The van der Waals surface area contributed by atoms with Crippen molar-refractivity contribution in [1.82, 2.24) is 0 Å². The molecule has 1 aliphatic heterocycles. The summed E-state index contributed by atoms with van der Waals surface area (Å²) >= 11 is 6.10. The first-order chi connectivity index (χ1) is 18.5. The Morgan fingerprint density at radius 1 is 1.00 bits per heavy atom. The van der Waals surface area contributed by atoms with Crippen LogP contribution in [0, 0.1) is 5.41 Å². The van der Waals surface area contributed by atoms with Crippen molar-refractivity contribution in [2.75, 3.05) is 16.9 Å². The summed E-state index contributed by atoms with van der Waals surface area (Å²) in [6.07, 6.45) is 1.93. The van der Waals surface area contributed by atoms with Crippen molar-refractivity contribution in [3.05, 3.63) is 94.5 Å². The number of ether oxygens (including phenoxy) is 1. The summed E-state index contributed by atoms with van der Waals surface area (Å²) in [6, 6.07) is 22.3. The predicted octanol–water partition coefficient (Wildman–Crippen LogP) is 7.01. The summed E-state index contributed by atoms with van der Waals surface area (Å²) in [6.45, 7) is 7.33. The van der Waals surface area contributed by atoms with Crippen molar-refractivity contribution < 1.29 is 19.1 Å². The number of benzene rings is 3. The minimum Gasteiger partial charge on any atom is -0.469 e. The van der Waals surface area contributed by atoms with Crippen LogP contribution in [0.4, 0.5) is 11.4 Å². The van der Waals surface area contributed by atoms with Gasteiger partial charge in [-0.15, -0.1) is 0 Å². The number of hydrogen-bond acceptors (Lipinski definition) is 4. The standard InChI is InChI=1S/C32H35ClN2O4/c1-21-20-29(35(22(2)36)26-16-14-25(33)15-17-26)27-8-6-7-9-28(27)34(21)30(37)24-12-10-23(11-13-24)18-19-32(3,4)31(38)39-5/h6-17,21,29H,18-20H2,1-5H3/t21-,29+/m0/s1. The van der Waals surface area contributed by atoms with Crippen molar-refractivity contribution in [2.24, 2.45) is 5.41 Å². The van der Waals surface area contributed by atoms with E-state index >= 15 is 0 Å². The molecule has 0 N–H and O–H groups in total. The van der Waals surface area contributed by atoms with E-state index in [9.17, 15) is 14.4 Å². The van der Waals surface area contributed by atoms with Crippen LogP contribution in [0.25, 0.3) is 0 Å². The van der Waals surface area contributed by atoms with Gasteiger partial charge in [-0.25, -0.2) is 0 Å². The molecular formula is C32H35ClN2O4. The molecule has 1 heterocycles. The fraction of sp³-hybridized carbons (Fsp3) is 0.344. The number of aryl methyl sites for hydroxylation is 1. The minimum atomic E-state index is -0.577. The second-order valence-corrected chi connectivity index (χ2v) is 11.2. The Labute approximate surface area is 235 Å². The fourth-order valence-electron chi connectivity index (χ4n) is 5.31. The maximum atomic E-state index is 13.8. The van der Waals surface area contributed by atoms with Crippen molar-refractivity contribution in [3.63, 3.8) is 0 Å². The normalized spacial score (nSPS) is 16.8. The first-order valence-corrected chi connectivity index (χ1v) is 13.6. The molecule has 4 rings (SSSR count). The number of amides is 2.